The molecule has 1 amide bonds. The van der Waals surface area contributed by atoms with Crippen LogP contribution >= 0.6 is 0 Å². The molecule has 0 saturated carbocycles. The molecule has 0 heterocycles. The Hall–Kier alpha value is -3.42. The van der Waals surface area contributed by atoms with Crippen LogP contribution in [0.4, 0.5) is 11.4 Å². The van der Waals surface area contributed by atoms with Crippen molar-refractivity contribution in [3.8, 4) is 0 Å². The SMILES string of the molecule is C[C@H](OC(=O)c1ccc([N+](=O)[O-])cc1N)C(=O)NCCc1ccccc1. The molecule has 0 fully saturated rings. The molecule has 0 aliphatic rings. The van der Waals surface area contributed by atoms with Gasteiger partial charge in [0, 0.05) is 18.7 Å². The van der Waals surface area contributed by atoms with Crippen molar-refractivity contribution in [2.75, 3.05) is 12.3 Å². The third-order valence-electron chi connectivity index (χ3n) is 3.67. The predicted octanol–water partition coefficient (Wildman–Crippen LogP) is 2.08. The Morgan fingerprint density at radius 2 is 1.92 bits per heavy atom. The largest absolute Gasteiger partial charge is 0.449 e. The summed E-state index contributed by atoms with van der Waals surface area (Å²) in [6.07, 6.45) is -0.365. The van der Waals surface area contributed by atoms with Crippen molar-refractivity contribution in [3.63, 3.8) is 0 Å². The van der Waals surface area contributed by atoms with Gasteiger partial charge in [-0.05, 0) is 25.0 Å². The maximum atomic E-state index is 12.1. The highest BCUT2D eigenvalue weighted by Gasteiger charge is 2.21. The number of nitro groups is 1. The van der Waals surface area contributed by atoms with Crippen LogP contribution in [0.2, 0.25) is 0 Å². The number of ether oxygens (including phenoxy) is 1. The number of carbonyl (C=O) groups excluding carboxylic acids is 2. The molecule has 8 heteroatoms. The number of esters is 1. The fourth-order valence-electron chi connectivity index (χ4n) is 2.25. The van der Waals surface area contributed by atoms with Crippen LogP contribution in [0.5, 0.6) is 0 Å². The standard InChI is InChI=1S/C18H19N3O5/c1-12(17(22)20-10-9-13-5-3-2-4-6-13)26-18(23)15-8-7-14(21(24)25)11-16(15)19/h2-8,11-12H,9-10,19H2,1H3,(H,20,22)/t12-/m0/s1. The van der Waals surface area contributed by atoms with Crippen molar-refractivity contribution in [2.24, 2.45) is 0 Å². The minimum absolute atomic E-state index is 0.0282. The van der Waals surface area contributed by atoms with Crippen molar-refractivity contribution >= 4 is 23.3 Å². The smallest absolute Gasteiger partial charge is 0.341 e. The van der Waals surface area contributed by atoms with Crippen LogP contribution in [0, 0.1) is 10.1 Å². The first kappa shape index (κ1) is 18.9. The van der Waals surface area contributed by atoms with Gasteiger partial charge in [0.1, 0.15) is 0 Å². The lowest BCUT2D eigenvalue weighted by Gasteiger charge is -2.14. The number of carbonyl (C=O) groups is 2. The summed E-state index contributed by atoms with van der Waals surface area (Å²) in [4.78, 5) is 34.2. The second kappa shape index (κ2) is 8.61. The Morgan fingerprint density at radius 3 is 2.54 bits per heavy atom. The molecule has 0 aliphatic heterocycles. The van der Waals surface area contributed by atoms with E-state index >= 15 is 0 Å². The number of benzene rings is 2. The molecule has 26 heavy (non-hydrogen) atoms. The normalized spacial score (nSPS) is 11.4. The molecule has 1 atom stereocenters. The first-order chi connectivity index (χ1) is 12.4. The topological polar surface area (TPSA) is 125 Å². The van der Waals surface area contributed by atoms with E-state index in [2.05, 4.69) is 5.32 Å². The molecule has 0 spiro atoms. The molecule has 0 saturated heterocycles. The zero-order chi connectivity index (χ0) is 19.1. The van der Waals surface area contributed by atoms with Gasteiger partial charge in [0.25, 0.3) is 11.6 Å². The van der Waals surface area contributed by atoms with Crippen LogP contribution < -0.4 is 11.1 Å². The first-order valence-corrected chi connectivity index (χ1v) is 7.95. The second-order valence-electron chi connectivity index (χ2n) is 5.60. The van der Waals surface area contributed by atoms with Gasteiger partial charge >= 0.3 is 5.97 Å². The van der Waals surface area contributed by atoms with Gasteiger partial charge in [0.15, 0.2) is 6.10 Å². The van der Waals surface area contributed by atoms with Crippen molar-refractivity contribution < 1.29 is 19.2 Å². The summed E-state index contributed by atoms with van der Waals surface area (Å²) >= 11 is 0. The zero-order valence-electron chi connectivity index (χ0n) is 14.2. The summed E-state index contributed by atoms with van der Waals surface area (Å²) in [5.74, 6) is -1.25. The fourth-order valence-corrected chi connectivity index (χ4v) is 2.25. The highest BCUT2D eigenvalue weighted by atomic mass is 16.6. The molecule has 0 bridgehead atoms. The molecule has 0 aliphatic carbocycles. The zero-order valence-corrected chi connectivity index (χ0v) is 14.2. The summed E-state index contributed by atoms with van der Waals surface area (Å²) in [6, 6.07) is 13.1. The predicted molar refractivity (Wildman–Crippen MR) is 95.5 cm³/mol. The van der Waals surface area contributed by atoms with Gasteiger partial charge in [0.05, 0.1) is 16.2 Å². The Morgan fingerprint density at radius 1 is 1.23 bits per heavy atom. The molecule has 2 aromatic rings. The Labute approximate surface area is 150 Å². The number of rotatable bonds is 7. The van der Waals surface area contributed by atoms with Crippen molar-refractivity contribution in [1.29, 1.82) is 0 Å². The fraction of sp³-hybridized carbons (Fsp3) is 0.222. The number of nitrogen functional groups attached to an aromatic ring is 1. The molecule has 3 N–H and O–H groups in total. The van der Waals surface area contributed by atoms with E-state index in [0.717, 1.165) is 17.7 Å². The number of nitrogens with zero attached hydrogens (tertiary/aromatic N) is 1. The van der Waals surface area contributed by atoms with E-state index in [0.29, 0.717) is 13.0 Å². The number of nitrogens with two attached hydrogens (primary N) is 1. The lowest BCUT2D eigenvalue weighted by Crippen LogP contribution is -2.37. The molecule has 8 nitrogen and oxygen atoms in total. The van der Waals surface area contributed by atoms with E-state index in [1.54, 1.807) is 0 Å². The number of non-ortho nitro benzene ring substituents is 1. The summed E-state index contributed by atoms with van der Waals surface area (Å²) < 4.78 is 5.08. The average molecular weight is 357 g/mol. The number of nitrogens with one attached hydrogen (secondary N) is 1. The molecule has 0 radical (unpaired) electrons. The molecule has 0 unspecified atom stereocenters. The minimum Gasteiger partial charge on any atom is -0.449 e. The van der Waals surface area contributed by atoms with Crippen LogP contribution in [-0.4, -0.2) is 29.4 Å². The maximum absolute atomic E-state index is 12.1. The number of anilines is 1. The molecule has 0 aromatic heterocycles. The average Bonchev–Trinajstić information content (AvgIpc) is 2.62. The second-order valence-corrected chi connectivity index (χ2v) is 5.60. The number of amides is 1. The summed E-state index contributed by atoms with van der Waals surface area (Å²) in [5.41, 5.74) is 6.39. The van der Waals surface area contributed by atoms with Gasteiger partial charge in [-0.25, -0.2) is 4.79 Å². The van der Waals surface area contributed by atoms with E-state index < -0.39 is 22.9 Å². The van der Waals surface area contributed by atoms with Crippen molar-refractivity contribution in [2.45, 2.75) is 19.4 Å². The Balaban J connectivity index is 1.87. The van der Waals surface area contributed by atoms with Crippen LogP contribution in [-0.2, 0) is 16.0 Å². The van der Waals surface area contributed by atoms with Crippen LogP contribution in [0.1, 0.15) is 22.8 Å². The van der Waals surface area contributed by atoms with Gasteiger partial charge in [0.2, 0.25) is 0 Å². The van der Waals surface area contributed by atoms with E-state index in [-0.39, 0.29) is 16.9 Å². The minimum atomic E-state index is -1.02. The number of hydrogen-bond donors (Lipinski definition) is 2. The summed E-state index contributed by atoms with van der Waals surface area (Å²) in [5, 5.41) is 13.4. The Bertz CT molecular complexity index is 808. The third kappa shape index (κ3) is 5.04. The summed E-state index contributed by atoms with van der Waals surface area (Å²) in [6.45, 7) is 1.85. The van der Waals surface area contributed by atoms with Gasteiger partial charge < -0.3 is 15.8 Å². The van der Waals surface area contributed by atoms with E-state index in [1.165, 1.54) is 13.0 Å². The van der Waals surface area contributed by atoms with Crippen LogP contribution in [0.3, 0.4) is 0 Å². The quantitative estimate of drug-likeness (QED) is 0.338. The summed E-state index contributed by atoms with van der Waals surface area (Å²) in [7, 11) is 0. The molecule has 136 valence electrons. The van der Waals surface area contributed by atoms with Crippen LogP contribution in [0.25, 0.3) is 0 Å². The molecule has 2 rings (SSSR count). The molecule has 2 aromatic carbocycles. The van der Waals surface area contributed by atoms with Gasteiger partial charge in [-0.2, -0.15) is 0 Å². The van der Waals surface area contributed by atoms with Gasteiger partial charge in [-0.3, -0.25) is 14.9 Å². The third-order valence-corrected chi connectivity index (χ3v) is 3.67. The van der Waals surface area contributed by atoms with Crippen LogP contribution in [0.15, 0.2) is 48.5 Å². The van der Waals surface area contributed by atoms with Gasteiger partial charge in [-0.1, -0.05) is 30.3 Å². The molecular weight excluding hydrogens is 338 g/mol. The highest BCUT2D eigenvalue weighted by Crippen LogP contribution is 2.20. The number of hydrogen-bond acceptors (Lipinski definition) is 6. The monoisotopic (exact) mass is 357 g/mol. The first-order valence-electron chi connectivity index (χ1n) is 7.95. The van der Waals surface area contributed by atoms with Crippen molar-refractivity contribution in [3.05, 3.63) is 69.8 Å². The van der Waals surface area contributed by atoms with Crippen molar-refractivity contribution in [1.82, 2.24) is 5.32 Å². The van der Waals surface area contributed by atoms with E-state index in [4.69, 9.17) is 10.5 Å². The molecular formula is C18H19N3O5. The van der Waals surface area contributed by atoms with E-state index in [9.17, 15) is 19.7 Å². The number of nitro benzene ring substituents is 1. The van der Waals surface area contributed by atoms with Gasteiger partial charge in [-0.15, -0.1) is 0 Å². The highest BCUT2D eigenvalue weighted by molar-refractivity contribution is 5.97. The lowest BCUT2D eigenvalue weighted by molar-refractivity contribution is -0.384. The van der Waals surface area contributed by atoms with E-state index in [1.807, 2.05) is 30.3 Å². The Kier molecular flexibility index (Phi) is 6.26. The maximum Gasteiger partial charge on any atom is 0.341 e. The lowest BCUT2D eigenvalue weighted by atomic mass is 10.1.